The van der Waals surface area contributed by atoms with Gasteiger partial charge in [0.2, 0.25) is 0 Å². The van der Waals surface area contributed by atoms with Crippen LogP contribution in [0, 0.1) is 11.6 Å². The minimum atomic E-state index is -0.565. The number of hydrazine groups is 1. The molecule has 2 nitrogen and oxygen atoms in total. The van der Waals surface area contributed by atoms with E-state index in [4.69, 9.17) is 17.4 Å². The summed E-state index contributed by atoms with van der Waals surface area (Å²) >= 11 is 8.93. The van der Waals surface area contributed by atoms with Crippen molar-refractivity contribution >= 4 is 27.5 Å². The zero-order valence-electron chi connectivity index (χ0n) is 10.3. The molecular weight excluding hydrogens is 350 g/mol. The van der Waals surface area contributed by atoms with E-state index in [1.165, 1.54) is 12.1 Å². The van der Waals surface area contributed by atoms with Crippen molar-refractivity contribution < 1.29 is 8.78 Å². The maximum absolute atomic E-state index is 14.0. The molecule has 0 heterocycles. The molecule has 0 aliphatic rings. The van der Waals surface area contributed by atoms with E-state index >= 15 is 0 Å². The fraction of sp³-hybridized carbons (Fsp3) is 0.143. The molecule has 0 radical (unpaired) electrons. The normalized spacial score (nSPS) is 12.4. The van der Waals surface area contributed by atoms with E-state index in [1.807, 2.05) is 0 Å². The van der Waals surface area contributed by atoms with E-state index in [2.05, 4.69) is 21.4 Å². The predicted octanol–water partition coefficient (Wildman–Crippen LogP) is 4.13. The van der Waals surface area contributed by atoms with Crippen LogP contribution in [0.5, 0.6) is 0 Å². The lowest BCUT2D eigenvalue weighted by atomic mass is 9.98. The van der Waals surface area contributed by atoms with Crippen molar-refractivity contribution in [2.45, 2.75) is 12.5 Å². The highest BCUT2D eigenvalue weighted by molar-refractivity contribution is 9.10. The molecule has 2 aromatic rings. The largest absolute Gasteiger partial charge is 0.271 e. The third-order valence-electron chi connectivity index (χ3n) is 3.00. The lowest BCUT2D eigenvalue weighted by Crippen LogP contribution is -2.30. The Morgan fingerprint density at radius 2 is 2.00 bits per heavy atom. The van der Waals surface area contributed by atoms with Gasteiger partial charge in [0.15, 0.2) is 0 Å². The third-order valence-corrected chi connectivity index (χ3v) is 3.78. The number of nitrogens with two attached hydrogens (primary N) is 1. The van der Waals surface area contributed by atoms with Crippen LogP contribution < -0.4 is 11.3 Å². The average molecular weight is 362 g/mol. The van der Waals surface area contributed by atoms with Crippen LogP contribution >= 0.6 is 27.5 Å². The van der Waals surface area contributed by atoms with E-state index in [-0.39, 0.29) is 17.3 Å². The lowest BCUT2D eigenvalue weighted by Gasteiger charge is -2.18. The van der Waals surface area contributed by atoms with Gasteiger partial charge in [0.05, 0.1) is 11.1 Å². The van der Waals surface area contributed by atoms with Crippen molar-refractivity contribution in [3.63, 3.8) is 0 Å². The molecule has 0 saturated carbocycles. The summed E-state index contributed by atoms with van der Waals surface area (Å²) in [6, 6.07) is 8.80. The van der Waals surface area contributed by atoms with Gasteiger partial charge < -0.3 is 0 Å². The minimum Gasteiger partial charge on any atom is -0.271 e. The fourth-order valence-electron chi connectivity index (χ4n) is 1.96. The maximum Gasteiger partial charge on any atom is 0.146 e. The zero-order chi connectivity index (χ0) is 14.7. The van der Waals surface area contributed by atoms with Crippen molar-refractivity contribution in [1.82, 2.24) is 5.43 Å². The van der Waals surface area contributed by atoms with E-state index in [1.54, 1.807) is 24.3 Å². The quantitative estimate of drug-likeness (QED) is 0.635. The van der Waals surface area contributed by atoms with Gasteiger partial charge in [0.1, 0.15) is 11.6 Å². The molecule has 0 spiro atoms. The van der Waals surface area contributed by atoms with Crippen molar-refractivity contribution in [2.24, 2.45) is 5.84 Å². The molecule has 2 rings (SSSR count). The van der Waals surface area contributed by atoms with Gasteiger partial charge in [-0.1, -0.05) is 45.7 Å². The van der Waals surface area contributed by atoms with E-state index in [0.717, 1.165) is 0 Å². The second-order valence-corrected chi connectivity index (χ2v) is 5.63. The van der Waals surface area contributed by atoms with Crippen LogP contribution in [0.3, 0.4) is 0 Å². The van der Waals surface area contributed by atoms with Crippen molar-refractivity contribution in [1.29, 1.82) is 0 Å². The molecule has 1 atom stereocenters. The molecule has 20 heavy (non-hydrogen) atoms. The Bertz CT molecular complexity index is 622. The summed E-state index contributed by atoms with van der Waals surface area (Å²) in [7, 11) is 0. The molecule has 3 N–H and O–H groups in total. The van der Waals surface area contributed by atoms with Gasteiger partial charge in [-0.15, -0.1) is 0 Å². The van der Waals surface area contributed by atoms with Crippen molar-refractivity contribution in [3.8, 4) is 0 Å². The smallest absolute Gasteiger partial charge is 0.146 e. The highest BCUT2D eigenvalue weighted by Crippen LogP contribution is 2.27. The zero-order valence-corrected chi connectivity index (χ0v) is 12.7. The van der Waals surface area contributed by atoms with Crippen LogP contribution in [0.15, 0.2) is 40.9 Å². The molecule has 0 aliphatic heterocycles. The Kier molecular flexibility index (Phi) is 5.10. The molecule has 6 heteroatoms. The Hall–Kier alpha value is -1.01. The van der Waals surface area contributed by atoms with Gasteiger partial charge in [-0.05, 0) is 30.2 Å². The number of halogens is 4. The summed E-state index contributed by atoms with van der Waals surface area (Å²) < 4.78 is 28.4. The van der Waals surface area contributed by atoms with Crippen LogP contribution in [-0.2, 0) is 6.42 Å². The molecule has 0 amide bonds. The molecule has 0 aliphatic carbocycles. The number of nitrogens with one attached hydrogen (secondary N) is 1. The van der Waals surface area contributed by atoms with Gasteiger partial charge in [-0.25, -0.2) is 8.78 Å². The van der Waals surface area contributed by atoms with Gasteiger partial charge >= 0.3 is 0 Å². The van der Waals surface area contributed by atoms with Crippen LogP contribution in [-0.4, -0.2) is 0 Å². The van der Waals surface area contributed by atoms with Crippen molar-refractivity contribution in [2.75, 3.05) is 0 Å². The number of rotatable bonds is 4. The highest BCUT2D eigenvalue weighted by Gasteiger charge is 2.18. The topological polar surface area (TPSA) is 38.0 Å². The number of hydrogen-bond acceptors (Lipinski definition) is 2. The lowest BCUT2D eigenvalue weighted by molar-refractivity contribution is 0.499. The molecule has 0 saturated heterocycles. The van der Waals surface area contributed by atoms with E-state index in [9.17, 15) is 8.78 Å². The predicted molar refractivity (Wildman–Crippen MR) is 79.3 cm³/mol. The van der Waals surface area contributed by atoms with Crippen LogP contribution in [0.2, 0.25) is 5.02 Å². The first-order chi connectivity index (χ1) is 9.52. The van der Waals surface area contributed by atoms with Crippen LogP contribution in [0.4, 0.5) is 8.78 Å². The van der Waals surface area contributed by atoms with Gasteiger partial charge in [-0.3, -0.25) is 11.3 Å². The first-order valence-corrected chi connectivity index (χ1v) is 7.04. The first kappa shape index (κ1) is 15.4. The first-order valence-electron chi connectivity index (χ1n) is 5.87. The van der Waals surface area contributed by atoms with E-state index < -0.39 is 11.9 Å². The Morgan fingerprint density at radius 1 is 1.25 bits per heavy atom. The Morgan fingerprint density at radius 3 is 2.65 bits per heavy atom. The van der Waals surface area contributed by atoms with Crippen LogP contribution in [0.25, 0.3) is 0 Å². The molecule has 0 aromatic heterocycles. The SMILES string of the molecule is NNC(Cc1ccc(Br)cc1F)c1cccc(Cl)c1F. The van der Waals surface area contributed by atoms with Gasteiger partial charge in [0, 0.05) is 10.0 Å². The summed E-state index contributed by atoms with van der Waals surface area (Å²) in [5.41, 5.74) is 3.25. The number of hydrogen-bond donors (Lipinski definition) is 2. The summed E-state index contributed by atoms with van der Waals surface area (Å²) in [6.45, 7) is 0. The third kappa shape index (κ3) is 3.35. The Balaban J connectivity index is 2.31. The number of benzene rings is 2. The monoisotopic (exact) mass is 360 g/mol. The molecule has 2 aromatic carbocycles. The molecular formula is C14H12BrClF2N2. The van der Waals surface area contributed by atoms with Gasteiger partial charge in [0.25, 0.3) is 0 Å². The summed E-state index contributed by atoms with van der Waals surface area (Å²) in [5, 5.41) is 0.0130. The second-order valence-electron chi connectivity index (χ2n) is 4.30. The standard InChI is InChI=1S/C14H12BrClF2N2/c15-9-5-4-8(12(17)7-9)6-13(20-19)10-2-1-3-11(16)14(10)18/h1-5,7,13,20H,6,19H2. The minimum absolute atomic E-state index is 0.0130. The maximum atomic E-state index is 14.0. The molecule has 0 fully saturated rings. The molecule has 106 valence electrons. The second kappa shape index (κ2) is 6.63. The molecule has 1 unspecified atom stereocenters. The summed E-state index contributed by atoms with van der Waals surface area (Å²) in [6.07, 6.45) is 0.215. The highest BCUT2D eigenvalue weighted by atomic mass is 79.9. The summed E-state index contributed by atoms with van der Waals surface area (Å²) in [5.74, 6) is 4.54. The van der Waals surface area contributed by atoms with Crippen LogP contribution in [0.1, 0.15) is 17.2 Å². The van der Waals surface area contributed by atoms with E-state index in [0.29, 0.717) is 15.6 Å². The molecule has 0 bridgehead atoms. The average Bonchev–Trinajstić information content (AvgIpc) is 2.42. The summed E-state index contributed by atoms with van der Waals surface area (Å²) in [4.78, 5) is 0. The van der Waals surface area contributed by atoms with Gasteiger partial charge in [-0.2, -0.15) is 0 Å². The Labute approximate surface area is 129 Å². The fourth-order valence-corrected chi connectivity index (χ4v) is 2.47. The van der Waals surface area contributed by atoms with Crippen molar-refractivity contribution in [3.05, 3.63) is 68.7 Å².